The highest BCUT2D eigenvalue weighted by atomic mass is 16.2. The standard InChI is InChI=1S/C12H20N4O/c1-9-6-10(2)16(14-9)8-12(17)15-5-4-13-7-11(15)3/h6,11,13H,4-5,7-8H2,1-3H3/t11-/m1/s1. The van der Waals surface area contributed by atoms with Crippen molar-refractivity contribution in [1.82, 2.24) is 20.0 Å². The van der Waals surface area contributed by atoms with Gasteiger partial charge in [-0.2, -0.15) is 5.10 Å². The van der Waals surface area contributed by atoms with Gasteiger partial charge in [0.05, 0.1) is 5.69 Å². The van der Waals surface area contributed by atoms with Crippen LogP contribution in [0.1, 0.15) is 18.3 Å². The lowest BCUT2D eigenvalue weighted by Gasteiger charge is -2.34. The molecule has 0 radical (unpaired) electrons. The first-order valence-corrected chi connectivity index (χ1v) is 6.09. The van der Waals surface area contributed by atoms with Crippen LogP contribution >= 0.6 is 0 Å². The Morgan fingerprint density at radius 3 is 2.94 bits per heavy atom. The summed E-state index contributed by atoms with van der Waals surface area (Å²) < 4.78 is 1.78. The Labute approximate surface area is 102 Å². The van der Waals surface area contributed by atoms with Gasteiger partial charge in [0.2, 0.25) is 5.91 Å². The molecule has 5 heteroatoms. The zero-order valence-corrected chi connectivity index (χ0v) is 10.7. The predicted molar refractivity (Wildman–Crippen MR) is 65.7 cm³/mol. The van der Waals surface area contributed by atoms with E-state index in [1.807, 2.05) is 24.8 Å². The molecule has 1 atom stereocenters. The van der Waals surface area contributed by atoms with E-state index in [0.717, 1.165) is 31.0 Å². The molecule has 0 spiro atoms. The topological polar surface area (TPSA) is 50.2 Å². The molecule has 5 nitrogen and oxygen atoms in total. The average molecular weight is 236 g/mol. The number of hydrogen-bond donors (Lipinski definition) is 1. The summed E-state index contributed by atoms with van der Waals surface area (Å²) in [5.41, 5.74) is 2.00. The van der Waals surface area contributed by atoms with Gasteiger partial charge in [0.25, 0.3) is 0 Å². The largest absolute Gasteiger partial charge is 0.336 e. The first kappa shape index (κ1) is 12.1. The van der Waals surface area contributed by atoms with Crippen molar-refractivity contribution in [1.29, 1.82) is 0 Å². The number of carbonyl (C=O) groups is 1. The fraction of sp³-hybridized carbons (Fsp3) is 0.667. The fourth-order valence-electron chi connectivity index (χ4n) is 2.27. The van der Waals surface area contributed by atoms with Crippen molar-refractivity contribution in [3.63, 3.8) is 0 Å². The quantitative estimate of drug-likeness (QED) is 0.804. The normalized spacial score (nSPS) is 20.6. The highest BCUT2D eigenvalue weighted by molar-refractivity contribution is 5.76. The Morgan fingerprint density at radius 2 is 2.35 bits per heavy atom. The molecule has 0 aliphatic carbocycles. The third kappa shape index (κ3) is 2.66. The number of nitrogens with one attached hydrogen (secondary N) is 1. The smallest absolute Gasteiger partial charge is 0.244 e. The third-order valence-corrected chi connectivity index (χ3v) is 3.21. The molecule has 94 valence electrons. The Morgan fingerprint density at radius 1 is 1.59 bits per heavy atom. The van der Waals surface area contributed by atoms with Crippen molar-refractivity contribution < 1.29 is 4.79 Å². The highest BCUT2D eigenvalue weighted by Crippen LogP contribution is 2.06. The summed E-state index contributed by atoms with van der Waals surface area (Å²) in [5, 5.41) is 7.61. The number of aromatic nitrogens is 2. The summed E-state index contributed by atoms with van der Waals surface area (Å²) in [6, 6.07) is 2.27. The number of rotatable bonds is 2. The van der Waals surface area contributed by atoms with E-state index in [1.54, 1.807) is 4.68 Å². The minimum Gasteiger partial charge on any atom is -0.336 e. The average Bonchev–Trinajstić information content (AvgIpc) is 2.58. The van der Waals surface area contributed by atoms with Crippen molar-refractivity contribution in [2.45, 2.75) is 33.4 Å². The van der Waals surface area contributed by atoms with Crippen LogP contribution in [-0.4, -0.2) is 46.3 Å². The maximum Gasteiger partial charge on any atom is 0.244 e. The molecule has 0 bridgehead atoms. The number of amides is 1. The second-order valence-corrected chi connectivity index (χ2v) is 4.73. The molecule has 0 aromatic carbocycles. The van der Waals surface area contributed by atoms with Crippen LogP contribution in [0.2, 0.25) is 0 Å². The molecule has 1 aromatic rings. The van der Waals surface area contributed by atoms with Gasteiger partial charge >= 0.3 is 0 Å². The summed E-state index contributed by atoms with van der Waals surface area (Å²) in [4.78, 5) is 14.1. The van der Waals surface area contributed by atoms with Crippen LogP contribution in [0.25, 0.3) is 0 Å². The second-order valence-electron chi connectivity index (χ2n) is 4.73. The van der Waals surface area contributed by atoms with Crippen LogP contribution in [0, 0.1) is 13.8 Å². The Hall–Kier alpha value is -1.36. The molecular weight excluding hydrogens is 216 g/mol. The van der Waals surface area contributed by atoms with Crippen LogP contribution in [0.5, 0.6) is 0 Å². The summed E-state index contributed by atoms with van der Waals surface area (Å²) in [6.07, 6.45) is 0. The van der Waals surface area contributed by atoms with Gasteiger partial charge in [0, 0.05) is 31.4 Å². The molecule has 1 fully saturated rings. The second kappa shape index (κ2) is 4.87. The number of nitrogens with zero attached hydrogens (tertiary/aromatic N) is 3. The van der Waals surface area contributed by atoms with E-state index in [0.29, 0.717) is 6.54 Å². The third-order valence-electron chi connectivity index (χ3n) is 3.21. The Bertz CT molecular complexity index is 413. The van der Waals surface area contributed by atoms with Crippen molar-refractivity contribution in [3.05, 3.63) is 17.5 Å². The van der Waals surface area contributed by atoms with Crippen LogP contribution in [-0.2, 0) is 11.3 Å². The Balaban J connectivity index is 2.03. The van der Waals surface area contributed by atoms with Gasteiger partial charge in [-0.05, 0) is 26.8 Å². The van der Waals surface area contributed by atoms with Crippen LogP contribution in [0.15, 0.2) is 6.07 Å². The van der Waals surface area contributed by atoms with E-state index in [-0.39, 0.29) is 11.9 Å². The number of carbonyl (C=O) groups excluding carboxylic acids is 1. The number of aryl methyl sites for hydroxylation is 2. The molecule has 1 saturated heterocycles. The van der Waals surface area contributed by atoms with Gasteiger partial charge in [0.15, 0.2) is 0 Å². The lowest BCUT2D eigenvalue weighted by molar-refractivity contribution is -0.134. The van der Waals surface area contributed by atoms with Gasteiger partial charge in [-0.25, -0.2) is 0 Å². The summed E-state index contributed by atoms with van der Waals surface area (Å²) >= 11 is 0. The van der Waals surface area contributed by atoms with Gasteiger partial charge in [-0.3, -0.25) is 9.48 Å². The zero-order chi connectivity index (χ0) is 12.4. The minimum absolute atomic E-state index is 0.158. The molecule has 1 N–H and O–H groups in total. The number of hydrogen-bond acceptors (Lipinski definition) is 3. The lowest BCUT2D eigenvalue weighted by atomic mass is 10.2. The molecule has 1 amide bonds. The fourth-order valence-corrected chi connectivity index (χ4v) is 2.27. The molecule has 1 aliphatic rings. The highest BCUT2D eigenvalue weighted by Gasteiger charge is 2.23. The van der Waals surface area contributed by atoms with Crippen molar-refractivity contribution in [2.24, 2.45) is 0 Å². The summed E-state index contributed by atoms with van der Waals surface area (Å²) in [7, 11) is 0. The number of piperazine rings is 1. The van der Waals surface area contributed by atoms with Crippen molar-refractivity contribution >= 4 is 5.91 Å². The van der Waals surface area contributed by atoms with E-state index in [1.165, 1.54) is 0 Å². The van der Waals surface area contributed by atoms with Crippen LogP contribution in [0.3, 0.4) is 0 Å². The molecule has 0 unspecified atom stereocenters. The van der Waals surface area contributed by atoms with E-state index >= 15 is 0 Å². The minimum atomic E-state index is 0.158. The lowest BCUT2D eigenvalue weighted by Crippen LogP contribution is -2.53. The molecule has 0 saturated carbocycles. The van der Waals surface area contributed by atoms with E-state index in [2.05, 4.69) is 17.3 Å². The van der Waals surface area contributed by atoms with Crippen molar-refractivity contribution in [2.75, 3.05) is 19.6 Å². The Kier molecular flexibility index (Phi) is 3.47. The maximum atomic E-state index is 12.2. The van der Waals surface area contributed by atoms with Crippen LogP contribution < -0.4 is 5.32 Å². The first-order chi connectivity index (χ1) is 8.08. The predicted octanol–water partition coefficient (Wildman–Crippen LogP) is 0.320. The van der Waals surface area contributed by atoms with Gasteiger partial charge in [-0.15, -0.1) is 0 Å². The van der Waals surface area contributed by atoms with E-state index < -0.39 is 0 Å². The molecule has 2 heterocycles. The molecule has 2 rings (SSSR count). The SMILES string of the molecule is Cc1cc(C)n(CC(=O)N2CCNC[C@H]2C)n1. The van der Waals surface area contributed by atoms with Crippen LogP contribution in [0.4, 0.5) is 0 Å². The molecule has 1 aliphatic heterocycles. The van der Waals surface area contributed by atoms with Crippen molar-refractivity contribution in [3.8, 4) is 0 Å². The zero-order valence-electron chi connectivity index (χ0n) is 10.7. The summed E-state index contributed by atoms with van der Waals surface area (Å²) in [5.74, 6) is 0.158. The first-order valence-electron chi connectivity index (χ1n) is 6.09. The van der Waals surface area contributed by atoms with E-state index in [9.17, 15) is 4.79 Å². The monoisotopic (exact) mass is 236 g/mol. The maximum absolute atomic E-state index is 12.2. The summed E-state index contributed by atoms with van der Waals surface area (Å²) in [6.45, 7) is 8.90. The molecule has 1 aromatic heterocycles. The van der Waals surface area contributed by atoms with Gasteiger partial charge < -0.3 is 10.2 Å². The molecule has 17 heavy (non-hydrogen) atoms. The van der Waals surface area contributed by atoms with E-state index in [4.69, 9.17) is 0 Å². The van der Waals surface area contributed by atoms with Gasteiger partial charge in [0.1, 0.15) is 6.54 Å². The van der Waals surface area contributed by atoms with Gasteiger partial charge in [-0.1, -0.05) is 0 Å². The molecular formula is C12H20N4O.